The quantitative estimate of drug-likeness (QED) is 0.0506. The van der Waals surface area contributed by atoms with Crippen molar-refractivity contribution in [1.82, 2.24) is 73.0 Å². The first-order chi connectivity index (χ1) is 55.9. The number of primary sulfonamides is 1. The van der Waals surface area contributed by atoms with Gasteiger partial charge in [0.1, 0.15) is 29.8 Å². The minimum atomic E-state index is -3.87. The predicted octanol–water partition coefficient (Wildman–Crippen LogP) is 10.1. The fourth-order valence-electron chi connectivity index (χ4n) is 14.7. The maximum Gasteiger partial charge on any atom is 0.354 e. The molecule has 16 rings (SSSR count). The second-order valence-corrected chi connectivity index (χ2v) is 33.6. The van der Waals surface area contributed by atoms with Crippen LogP contribution in [-0.2, 0) is 39.0 Å². The van der Waals surface area contributed by atoms with Crippen LogP contribution in [0.4, 0.5) is 4.79 Å². The number of pyridine rings is 2. The van der Waals surface area contributed by atoms with E-state index < -0.39 is 31.9 Å². The number of benzene rings is 2. The van der Waals surface area contributed by atoms with E-state index in [1.165, 1.54) is 98.9 Å². The van der Waals surface area contributed by atoms with Crippen molar-refractivity contribution in [2.75, 3.05) is 156 Å². The molecule has 5 saturated heterocycles. The lowest BCUT2D eigenvalue weighted by molar-refractivity contribution is 0.0380. The summed E-state index contributed by atoms with van der Waals surface area (Å²) in [5.41, 5.74) is 4.54. The summed E-state index contributed by atoms with van der Waals surface area (Å²) in [5, 5.41) is 26.1. The van der Waals surface area contributed by atoms with E-state index in [0.29, 0.717) is 99.6 Å². The molecule has 4 N–H and O–H groups in total. The van der Waals surface area contributed by atoms with Gasteiger partial charge in [0.15, 0.2) is 17.0 Å². The lowest BCUT2D eigenvalue weighted by Crippen LogP contribution is -2.38. The third-order valence-electron chi connectivity index (χ3n) is 21.9. The topological polar surface area (TPSA) is 356 Å². The summed E-state index contributed by atoms with van der Waals surface area (Å²) in [5.74, 6) is 1.96. The number of carbonyl (C=O) groups excluding carboxylic acids is 2. The summed E-state index contributed by atoms with van der Waals surface area (Å²) in [6, 6.07) is 22.3. The number of hydrogen-bond donors (Lipinski definition) is 3. The number of morpholine rings is 2. The molecule has 8 aliphatic rings. The third kappa shape index (κ3) is 26.2. The van der Waals surface area contributed by atoms with Crippen LogP contribution < -0.4 is 19.3 Å². The minimum absolute atomic E-state index is 0.0153. The monoisotopic (exact) mass is 1630 g/mol. The van der Waals surface area contributed by atoms with Gasteiger partial charge in [-0.05, 0) is 152 Å². The molecule has 2 aromatic carbocycles. The highest BCUT2D eigenvalue weighted by Gasteiger charge is 2.33. The van der Waals surface area contributed by atoms with Crippen LogP contribution in [-0.4, -0.2) is 270 Å². The van der Waals surface area contributed by atoms with Gasteiger partial charge in [-0.1, -0.05) is 76.4 Å². The molecule has 7 fully saturated rings. The van der Waals surface area contributed by atoms with Crippen LogP contribution >= 0.6 is 0 Å². The minimum Gasteiger partial charge on any atom is -0.492 e. The fourth-order valence-corrected chi connectivity index (χ4v) is 16.2. The van der Waals surface area contributed by atoms with Crippen molar-refractivity contribution in [3.05, 3.63) is 133 Å². The van der Waals surface area contributed by atoms with Crippen LogP contribution in [0.5, 0.6) is 11.5 Å². The molecule has 8 aromatic rings. The molecule has 1 amide bonds. The number of nitrogens with zero attached hydrogens (tertiary/aromatic N) is 15. The SMILES string of the molecule is C1CCC2=NCCCN2CC1.CCN(CC)CC.NS(=O)(=O)CCCN1CCOCC1.O=C(NS(=O)(=O)CCCN1CCOCC1)c1cc(OCC2CCOCC2)c2c(C3CCC3)nn(-c3ccccc3)c2n1.O=C(O)c1cc(OCC2CCOCC2)c2c(C3CCC3)nn(-c3ccccc3)c2n1.O=C(n1ccnc1)n1ccnc1. The summed E-state index contributed by atoms with van der Waals surface area (Å²) in [6.07, 6.45) is 27.1. The third-order valence-corrected chi connectivity index (χ3v) is 24.1. The van der Waals surface area contributed by atoms with Crippen molar-refractivity contribution < 1.29 is 64.7 Å². The normalized spacial score (nSPS) is 18.0. The van der Waals surface area contributed by atoms with Crippen molar-refractivity contribution in [1.29, 1.82) is 0 Å². The zero-order valence-electron chi connectivity index (χ0n) is 67.0. The average molecular weight is 1630 g/mol. The van der Waals surface area contributed by atoms with Crippen molar-refractivity contribution >= 4 is 65.9 Å². The number of fused-ring (bicyclic) bond motifs is 3. The number of carboxylic acids is 1. The summed E-state index contributed by atoms with van der Waals surface area (Å²) in [6.45, 7) is 25.2. The van der Waals surface area contributed by atoms with Crippen LogP contribution in [0.1, 0.15) is 174 Å². The Morgan fingerprint density at radius 1 is 0.565 bits per heavy atom. The van der Waals surface area contributed by atoms with E-state index in [9.17, 15) is 36.3 Å². The Morgan fingerprint density at radius 2 is 1.03 bits per heavy atom. The number of carboxylic acid groups (broad SMARTS) is 1. The van der Waals surface area contributed by atoms with E-state index in [2.05, 4.69) is 65.0 Å². The first kappa shape index (κ1) is 87.2. The van der Waals surface area contributed by atoms with Gasteiger partial charge in [-0.25, -0.2) is 65.6 Å². The summed E-state index contributed by atoms with van der Waals surface area (Å²) >= 11 is 0. The molecule has 115 heavy (non-hydrogen) atoms. The Bertz CT molecular complexity index is 4510. The maximum absolute atomic E-state index is 13.4. The predicted molar refractivity (Wildman–Crippen MR) is 440 cm³/mol. The van der Waals surface area contributed by atoms with Crippen LogP contribution in [0.15, 0.2) is 115 Å². The number of nitrogens with one attached hydrogen (secondary N) is 1. The number of aromatic nitrogens is 10. The number of ether oxygens (including phenoxy) is 6. The fraction of sp³-hybridized carbons (Fsp3) is 0.585. The molecule has 2 saturated carbocycles. The molecule has 6 aromatic heterocycles. The number of amidine groups is 1. The zero-order valence-corrected chi connectivity index (χ0v) is 68.7. The number of amides is 1. The molecular formula is C82H117N17O14S2. The number of hydrogen-bond acceptors (Lipinski definition) is 24. The second-order valence-electron chi connectivity index (χ2n) is 30.0. The Balaban J connectivity index is 0.000000153. The maximum atomic E-state index is 13.4. The molecule has 12 heterocycles. The number of carbonyl (C=O) groups is 3. The van der Waals surface area contributed by atoms with E-state index in [4.69, 9.17) is 48.7 Å². The Kier molecular flexibility index (Phi) is 33.8. The van der Waals surface area contributed by atoms with Crippen molar-refractivity contribution in [3.63, 3.8) is 0 Å². The van der Waals surface area contributed by atoms with Crippen molar-refractivity contribution in [3.8, 4) is 22.9 Å². The lowest BCUT2D eigenvalue weighted by Gasteiger charge is -2.27. The first-order valence-electron chi connectivity index (χ1n) is 41.2. The Morgan fingerprint density at radius 3 is 1.46 bits per heavy atom. The van der Waals surface area contributed by atoms with E-state index >= 15 is 0 Å². The smallest absolute Gasteiger partial charge is 0.354 e. The molecular weight excluding hydrogens is 1510 g/mol. The number of nitrogens with two attached hydrogens (primary N) is 1. The van der Waals surface area contributed by atoms with Crippen LogP contribution in [0.2, 0.25) is 0 Å². The number of aliphatic imine (C=N–C) groups is 1. The summed E-state index contributed by atoms with van der Waals surface area (Å²) < 4.78 is 89.7. The molecule has 0 radical (unpaired) electrons. The number of aromatic carboxylic acids is 1. The lowest BCUT2D eigenvalue weighted by atomic mass is 9.82. The number of sulfonamides is 2. The van der Waals surface area contributed by atoms with Crippen molar-refractivity contribution in [2.24, 2.45) is 22.0 Å². The van der Waals surface area contributed by atoms with Crippen LogP contribution in [0.25, 0.3) is 33.4 Å². The van der Waals surface area contributed by atoms with Gasteiger partial charge in [0.2, 0.25) is 20.0 Å². The van der Waals surface area contributed by atoms with Gasteiger partial charge in [0.05, 0.1) is 90.5 Å². The molecule has 6 aliphatic heterocycles. The van der Waals surface area contributed by atoms with Gasteiger partial charge < -0.3 is 43.3 Å². The highest BCUT2D eigenvalue weighted by atomic mass is 32.2. The largest absolute Gasteiger partial charge is 0.492 e. The Labute approximate surface area is 675 Å². The van der Waals surface area contributed by atoms with Crippen LogP contribution in [0.3, 0.4) is 0 Å². The molecule has 31 nitrogen and oxygen atoms in total. The number of rotatable bonds is 24. The molecule has 2 aliphatic carbocycles. The van der Waals surface area contributed by atoms with E-state index in [-0.39, 0.29) is 34.8 Å². The van der Waals surface area contributed by atoms with E-state index in [1.807, 2.05) is 60.7 Å². The molecule has 626 valence electrons. The van der Waals surface area contributed by atoms with Crippen molar-refractivity contribution in [2.45, 2.75) is 142 Å². The highest BCUT2D eigenvalue weighted by Crippen LogP contribution is 2.44. The molecule has 0 atom stereocenters. The molecule has 0 spiro atoms. The van der Waals surface area contributed by atoms with Gasteiger partial charge in [-0.15, -0.1) is 0 Å². The second kappa shape index (κ2) is 44.6. The average Bonchev–Trinajstić information content (AvgIpc) is 1.59. The summed E-state index contributed by atoms with van der Waals surface area (Å²) in [7, 11) is -7.15. The van der Waals surface area contributed by atoms with E-state index in [1.54, 1.807) is 46.3 Å². The molecule has 33 heteroatoms. The Hall–Kier alpha value is -8.64. The molecule has 0 unspecified atom stereocenters. The van der Waals surface area contributed by atoms with Crippen LogP contribution in [0, 0.1) is 11.8 Å². The first-order valence-corrected chi connectivity index (χ1v) is 44.6. The highest BCUT2D eigenvalue weighted by molar-refractivity contribution is 7.90. The standard InChI is InChI=1S/C30H39N5O6S.C23H25N3O4.C9H16N2.C7H6N4O.C7H16N2O3S.C6H15N/c36-30(33-42(37,38)19-5-12-34-13-17-40-18-14-34)25-20-26(41-21-22-10-15-39-16-11-22)27-28(23-6-4-7-23)32-35(29(27)31-25)24-8-2-1-3-9-24;27-23(28)18-13-19(30-14-15-9-11-29-12-10-15)20-21(16-5-4-6-16)25-26(22(20)24-18)17-7-2-1-3-8-17;1-2-5-9-10-6-4-8-11(9)7-3-1;12-7(10-3-1-8-5-10)11-4-2-9-6-11;8-13(10,11)7-1-2-9-3-5-12-6-4-9;1-4-7(5-2)6-3/h1-3,8-9,20,22-23H,4-7,10-19,21H2,(H,33,36);1-3,7-8,13,15-16H,4-6,9-12,14H2,(H,27,28);1-8H2;1-6H;1-7H2,(H2,8,10,11);4-6H2,1-3H3. The zero-order chi connectivity index (χ0) is 80.8. The van der Waals surface area contributed by atoms with Gasteiger partial charge in [-0.3, -0.25) is 28.7 Å². The van der Waals surface area contributed by atoms with Gasteiger partial charge >= 0.3 is 12.0 Å². The number of para-hydroxylation sites is 2. The summed E-state index contributed by atoms with van der Waals surface area (Å²) in [4.78, 5) is 67.1. The van der Waals surface area contributed by atoms with E-state index in [0.717, 1.165) is 157 Å². The number of imidazole rings is 2. The van der Waals surface area contributed by atoms with Gasteiger partial charge in [-0.2, -0.15) is 10.2 Å². The van der Waals surface area contributed by atoms with Gasteiger partial charge in [0.25, 0.3) is 5.91 Å². The van der Waals surface area contributed by atoms with Gasteiger partial charge in [0, 0.05) is 127 Å². The molecule has 0 bridgehead atoms.